The third kappa shape index (κ3) is 5.79. The second-order valence-corrected chi connectivity index (χ2v) is 10.1. The third-order valence-electron chi connectivity index (χ3n) is 6.09. The van der Waals surface area contributed by atoms with Gasteiger partial charge in [0.1, 0.15) is 29.3 Å². The number of rotatable bonds is 8. The fraction of sp³-hybridized carbons (Fsp3) is 0.276. The Bertz CT molecular complexity index is 1570. The lowest BCUT2D eigenvalue weighted by molar-refractivity contribution is -0.152. The van der Waals surface area contributed by atoms with Crippen LogP contribution in [0.25, 0.3) is 22.2 Å². The molecule has 11 nitrogen and oxygen atoms in total. The molecule has 2 N–H and O–H groups in total. The van der Waals surface area contributed by atoms with Crippen molar-refractivity contribution >= 4 is 29.0 Å². The van der Waals surface area contributed by atoms with Gasteiger partial charge in [0.25, 0.3) is 5.91 Å². The highest BCUT2D eigenvalue weighted by molar-refractivity contribution is 6.03. The van der Waals surface area contributed by atoms with Crippen molar-refractivity contribution in [2.24, 2.45) is 0 Å². The van der Waals surface area contributed by atoms with Crippen molar-refractivity contribution in [2.75, 3.05) is 19.7 Å². The van der Waals surface area contributed by atoms with Gasteiger partial charge in [-0.2, -0.15) is 0 Å². The van der Waals surface area contributed by atoms with Crippen LogP contribution in [0.1, 0.15) is 48.4 Å². The standard InChI is InChI=1S/C29H29N5O6/c1-29(2,3)39-28(37)31-16-15-30-27(36)21-12-8-11-20-25(21)18-9-4-5-10-19(18)26(20)38-17-24(35)40-34-23-14-7-6-13-22(23)32-33-34/h4-14,26H,15-17H2,1-3H3,(H,30,36)(H,31,37). The molecule has 1 heterocycles. The Morgan fingerprint density at radius 2 is 1.62 bits per heavy atom. The molecule has 0 saturated carbocycles. The Hall–Kier alpha value is -4.77. The number of fused-ring (bicyclic) bond motifs is 4. The number of aromatic nitrogens is 3. The molecule has 0 saturated heterocycles. The highest BCUT2D eigenvalue weighted by Gasteiger charge is 2.33. The van der Waals surface area contributed by atoms with Gasteiger partial charge in [-0.3, -0.25) is 4.79 Å². The number of nitrogens with one attached hydrogen (secondary N) is 2. The van der Waals surface area contributed by atoms with E-state index in [4.69, 9.17) is 14.3 Å². The Morgan fingerprint density at radius 3 is 2.45 bits per heavy atom. The van der Waals surface area contributed by atoms with E-state index in [1.165, 1.54) is 0 Å². The fourth-order valence-electron chi connectivity index (χ4n) is 4.52. The van der Waals surface area contributed by atoms with E-state index < -0.39 is 23.8 Å². The maximum atomic E-state index is 13.2. The molecule has 1 unspecified atom stereocenters. The SMILES string of the molecule is CC(C)(C)OC(=O)NCCNC(=O)c1cccc2c1-c1ccccc1C2OCC(=O)On1nnc2ccccc21. The topological polar surface area (TPSA) is 134 Å². The molecule has 206 valence electrons. The number of nitrogens with zero attached hydrogens (tertiary/aromatic N) is 3. The lowest BCUT2D eigenvalue weighted by atomic mass is 9.99. The average molecular weight is 544 g/mol. The van der Waals surface area contributed by atoms with Gasteiger partial charge in [0, 0.05) is 24.2 Å². The van der Waals surface area contributed by atoms with Crippen molar-refractivity contribution in [1.82, 2.24) is 25.8 Å². The van der Waals surface area contributed by atoms with E-state index in [2.05, 4.69) is 20.9 Å². The second-order valence-electron chi connectivity index (χ2n) is 10.1. The van der Waals surface area contributed by atoms with E-state index >= 15 is 0 Å². The number of carbonyl (C=O) groups is 3. The molecule has 0 bridgehead atoms. The first kappa shape index (κ1) is 26.8. The minimum atomic E-state index is -0.645. The Morgan fingerprint density at radius 1 is 0.900 bits per heavy atom. The highest BCUT2D eigenvalue weighted by atomic mass is 16.7. The summed E-state index contributed by atoms with van der Waals surface area (Å²) in [5, 5.41) is 13.3. The molecule has 2 amide bonds. The van der Waals surface area contributed by atoms with E-state index in [0.717, 1.165) is 27.1 Å². The van der Waals surface area contributed by atoms with Gasteiger partial charge in [-0.05, 0) is 60.9 Å². The van der Waals surface area contributed by atoms with E-state index in [9.17, 15) is 14.4 Å². The van der Waals surface area contributed by atoms with Gasteiger partial charge in [-0.15, -0.1) is 5.10 Å². The van der Waals surface area contributed by atoms with Crippen LogP contribution in [0.15, 0.2) is 66.7 Å². The van der Waals surface area contributed by atoms with Crippen LogP contribution in [0.2, 0.25) is 0 Å². The van der Waals surface area contributed by atoms with Crippen LogP contribution >= 0.6 is 0 Å². The van der Waals surface area contributed by atoms with E-state index in [1.54, 1.807) is 51.1 Å². The number of alkyl carbamates (subject to hydrolysis) is 1. The Kier molecular flexibility index (Phi) is 7.47. The molecular formula is C29H29N5O6. The summed E-state index contributed by atoms with van der Waals surface area (Å²) in [6, 6.07) is 20.1. The van der Waals surface area contributed by atoms with Gasteiger partial charge in [0.05, 0.1) is 0 Å². The van der Waals surface area contributed by atoms with Gasteiger partial charge in [-0.1, -0.05) is 53.4 Å². The zero-order valence-corrected chi connectivity index (χ0v) is 22.3. The van der Waals surface area contributed by atoms with Crippen molar-refractivity contribution in [3.05, 3.63) is 83.4 Å². The molecule has 1 atom stereocenters. The monoisotopic (exact) mass is 543 g/mol. The molecule has 1 aliphatic rings. The van der Waals surface area contributed by atoms with Gasteiger partial charge >= 0.3 is 12.1 Å². The largest absolute Gasteiger partial charge is 0.444 e. The molecule has 0 fully saturated rings. The molecule has 1 aliphatic carbocycles. The van der Waals surface area contributed by atoms with Crippen molar-refractivity contribution in [3.63, 3.8) is 0 Å². The van der Waals surface area contributed by atoms with E-state index in [-0.39, 0.29) is 25.6 Å². The molecule has 0 spiro atoms. The molecule has 3 aromatic carbocycles. The number of amides is 2. The lowest BCUT2D eigenvalue weighted by Gasteiger charge is -2.19. The molecule has 5 rings (SSSR count). The molecule has 0 aliphatic heterocycles. The Labute approximate surface area is 230 Å². The molecular weight excluding hydrogens is 514 g/mol. The van der Waals surface area contributed by atoms with Gasteiger partial charge in [-0.25, -0.2) is 9.59 Å². The maximum Gasteiger partial charge on any atom is 0.407 e. The number of hydrogen-bond acceptors (Lipinski definition) is 8. The summed E-state index contributed by atoms with van der Waals surface area (Å²) in [7, 11) is 0. The lowest BCUT2D eigenvalue weighted by Crippen LogP contribution is -2.38. The minimum absolute atomic E-state index is 0.209. The van der Waals surface area contributed by atoms with Crippen molar-refractivity contribution in [1.29, 1.82) is 0 Å². The number of carbonyl (C=O) groups excluding carboxylic acids is 3. The minimum Gasteiger partial charge on any atom is -0.444 e. The van der Waals surface area contributed by atoms with Crippen LogP contribution in [-0.4, -0.2) is 58.4 Å². The van der Waals surface area contributed by atoms with E-state index in [0.29, 0.717) is 16.6 Å². The van der Waals surface area contributed by atoms with Gasteiger partial charge in [0.15, 0.2) is 0 Å². The number of para-hydroxylation sites is 1. The smallest absolute Gasteiger partial charge is 0.407 e. The van der Waals surface area contributed by atoms with Crippen LogP contribution in [0, 0.1) is 0 Å². The van der Waals surface area contributed by atoms with Gasteiger partial charge < -0.3 is 24.9 Å². The summed E-state index contributed by atoms with van der Waals surface area (Å²) in [5.74, 6) is -0.941. The Balaban J connectivity index is 1.26. The summed E-state index contributed by atoms with van der Waals surface area (Å²) in [4.78, 5) is 44.1. The molecule has 40 heavy (non-hydrogen) atoms. The zero-order valence-electron chi connectivity index (χ0n) is 22.3. The zero-order chi connectivity index (χ0) is 28.3. The quantitative estimate of drug-likeness (QED) is 0.255. The van der Waals surface area contributed by atoms with Crippen LogP contribution in [-0.2, 0) is 14.3 Å². The van der Waals surface area contributed by atoms with Crippen LogP contribution < -0.4 is 15.5 Å². The summed E-state index contributed by atoms with van der Waals surface area (Å²) in [5.41, 5.74) is 4.19. The first-order valence-electron chi connectivity index (χ1n) is 12.8. The summed E-state index contributed by atoms with van der Waals surface area (Å²) in [6.07, 6.45) is -1.13. The average Bonchev–Trinajstić information content (AvgIpc) is 3.47. The second kappa shape index (κ2) is 11.1. The first-order chi connectivity index (χ1) is 19.2. The van der Waals surface area contributed by atoms with Crippen molar-refractivity contribution < 1.29 is 28.7 Å². The van der Waals surface area contributed by atoms with Crippen LogP contribution in [0.5, 0.6) is 0 Å². The van der Waals surface area contributed by atoms with E-state index in [1.807, 2.05) is 36.4 Å². The predicted octanol–water partition coefficient (Wildman–Crippen LogP) is 3.43. The summed E-state index contributed by atoms with van der Waals surface area (Å²) >= 11 is 0. The summed E-state index contributed by atoms with van der Waals surface area (Å²) in [6.45, 7) is 5.41. The van der Waals surface area contributed by atoms with Gasteiger partial charge in [0.2, 0.25) is 0 Å². The van der Waals surface area contributed by atoms with Crippen LogP contribution in [0.3, 0.4) is 0 Å². The molecule has 4 aromatic rings. The highest BCUT2D eigenvalue weighted by Crippen LogP contribution is 2.46. The normalized spacial score (nSPS) is 13.8. The van der Waals surface area contributed by atoms with Crippen LogP contribution in [0.4, 0.5) is 4.79 Å². The van der Waals surface area contributed by atoms with Crippen molar-refractivity contribution in [2.45, 2.75) is 32.5 Å². The third-order valence-corrected chi connectivity index (χ3v) is 6.09. The molecule has 0 radical (unpaired) electrons. The number of benzene rings is 3. The fourth-order valence-corrected chi connectivity index (χ4v) is 4.52. The summed E-state index contributed by atoms with van der Waals surface area (Å²) < 4.78 is 11.3. The molecule has 1 aromatic heterocycles. The molecule has 11 heteroatoms. The first-order valence-corrected chi connectivity index (χ1v) is 12.8. The number of hydrogen-bond donors (Lipinski definition) is 2. The van der Waals surface area contributed by atoms with Crippen molar-refractivity contribution in [3.8, 4) is 11.1 Å². The predicted molar refractivity (Wildman–Crippen MR) is 145 cm³/mol. The number of ether oxygens (including phenoxy) is 2. The maximum absolute atomic E-state index is 13.2.